The summed E-state index contributed by atoms with van der Waals surface area (Å²) in [5, 5.41) is 8.28. The van der Waals surface area contributed by atoms with E-state index in [0.717, 1.165) is 48.9 Å². The van der Waals surface area contributed by atoms with Gasteiger partial charge in [0.1, 0.15) is 5.82 Å². The van der Waals surface area contributed by atoms with Crippen LogP contribution in [-0.4, -0.2) is 58.3 Å². The Hall–Kier alpha value is -2.94. The number of carbonyl (C=O) groups is 1. The molecule has 1 aliphatic rings. The van der Waals surface area contributed by atoms with Crippen LogP contribution in [0.4, 0.5) is 11.8 Å². The number of thioether (sulfide) groups is 1. The van der Waals surface area contributed by atoms with Crippen molar-refractivity contribution in [2.75, 3.05) is 36.6 Å². The zero-order chi connectivity index (χ0) is 22.3. The molecule has 32 heavy (non-hydrogen) atoms. The van der Waals surface area contributed by atoms with Gasteiger partial charge in [-0.25, -0.2) is 15.0 Å². The smallest absolute Gasteiger partial charge is 0.230 e. The van der Waals surface area contributed by atoms with Gasteiger partial charge in [0, 0.05) is 44.5 Å². The molecule has 0 aliphatic heterocycles. The highest BCUT2D eigenvalue weighted by Gasteiger charge is 2.22. The number of amides is 1. The lowest BCUT2D eigenvalue weighted by Gasteiger charge is -2.29. The second kappa shape index (κ2) is 10.6. The molecule has 1 amide bonds. The van der Waals surface area contributed by atoms with E-state index < -0.39 is 0 Å². The van der Waals surface area contributed by atoms with Crippen molar-refractivity contribution in [1.82, 2.24) is 25.3 Å². The molecule has 2 aromatic heterocycles. The lowest BCUT2D eigenvalue weighted by molar-refractivity contribution is -0.118. The number of nitrogens with zero attached hydrogens (tertiary/aromatic N) is 5. The van der Waals surface area contributed by atoms with Crippen LogP contribution in [-0.2, 0) is 4.79 Å². The van der Waals surface area contributed by atoms with Crippen molar-refractivity contribution in [2.24, 2.45) is 5.92 Å². The van der Waals surface area contributed by atoms with Crippen molar-refractivity contribution in [3.05, 3.63) is 42.7 Å². The summed E-state index contributed by atoms with van der Waals surface area (Å²) in [7, 11) is 4.01. The van der Waals surface area contributed by atoms with Gasteiger partial charge in [0.2, 0.25) is 11.9 Å². The molecule has 0 spiro atoms. The number of fused-ring (bicyclic) bond motifs is 1. The zero-order valence-corrected chi connectivity index (χ0v) is 19.3. The first-order valence-electron chi connectivity index (χ1n) is 11.0. The van der Waals surface area contributed by atoms with Gasteiger partial charge in [-0.05, 0) is 49.8 Å². The van der Waals surface area contributed by atoms with Crippen LogP contribution >= 0.6 is 11.8 Å². The third-order valence-corrected chi connectivity index (χ3v) is 6.52. The van der Waals surface area contributed by atoms with Crippen LogP contribution < -0.4 is 15.5 Å². The SMILES string of the molecule is CN(C)c1nc(N[C@H]2CC[C@@H](CNC(=O)CSc3ncccn3)CC2)nc2ccccc12. The predicted octanol–water partition coefficient (Wildman–Crippen LogP) is 3.37. The Kier molecular flexibility index (Phi) is 7.36. The van der Waals surface area contributed by atoms with Gasteiger partial charge in [0.25, 0.3) is 0 Å². The summed E-state index contributed by atoms with van der Waals surface area (Å²) in [6.07, 6.45) is 7.59. The number of benzene rings is 1. The fourth-order valence-corrected chi connectivity index (χ4v) is 4.59. The average molecular weight is 452 g/mol. The second-order valence-corrected chi connectivity index (χ2v) is 9.21. The highest BCUT2D eigenvalue weighted by molar-refractivity contribution is 7.99. The van der Waals surface area contributed by atoms with E-state index in [-0.39, 0.29) is 5.91 Å². The van der Waals surface area contributed by atoms with Crippen LogP contribution in [0, 0.1) is 5.92 Å². The number of nitrogens with one attached hydrogen (secondary N) is 2. The standard InChI is InChI=1S/C23H29N7OS/c1-30(2)21-18-6-3-4-7-19(18)28-22(29-21)27-17-10-8-16(9-11-17)14-26-20(31)15-32-23-24-12-5-13-25-23/h3-7,12-13,16-17H,8-11,14-15H2,1-2H3,(H,26,31)(H,27,28,29)/t16-,17+. The fraction of sp³-hybridized carbons (Fsp3) is 0.435. The molecule has 2 heterocycles. The number of hydrogen-bond donors (Lipinski definition) is 2. The van der Waals surface area contributed by atoms with E-state index in [2.05, 4.69) is 26.7 Å². The zero-order valence-electron chi connectivity index (χ0n) is 18.5. The summed E-state index contributed by atoms with van der Waals surface area (Å²) < 4.78 is 0. The Morgan fingerprint density at radius 1 is 1.06 bits per heavy atom. The Morgan fingerprint density at radius 3 is 2.56 bits per heavy atom. The number of para-hydroxylation sites is 1. The molecule has 3 aromatic rings. The number of aromatic nitrogens is 4. The van der Waals surface area contributed by atoms with Gasteiger partial charge in [-0.15, -0.1) is 0 Å². The Bertz CT molecular complexity index is 1040. The highest BCUT2D eigenvalue weighted by atomic mass is 32.2. The van der Waals surface area contributed by atoms with E-state index in [1.165, 1.54) is 11.8 Å². The molecule has 1 saturated carbocycles. The van der Waals surface area contributed by atoms with Crippen molar-refractivity contribution in [1.29, 1.82) is 0 Å². The minimum absolute atomic E-state index is 0.0310. The van der Waals surface area contributed by atoms with Crippen LogP contribution in [0.5, 0.6) is 0 Å². The molecular formula is C23H29N7OS. The van der Waals surface area contributed by atoms with E-state index in [4.69, 9.17) is 9.97 Å². The summed E-state index contributed by atoms with van der Waals surface area (Å²) in [6.45, 7) is 0.721. The lowest BCUT2D eigenvalue weighted by atomic mass is 9.86. The van der Waals surface area contributed by atoms with Crippen LogP contribution in [0.15, 0.2) is 47.9 Å². The van der Waals surface area contributed by atoms with E-state index in [1.807, 2.05) is 37.2 Å². The van der Waals surface area contributed by atoms with Gasteiger partial charge < -0.3 is 15.5 Å². The molecule has 2 N–H and O–H groups in total. The molecule has 0 saturated heterocycles. The minimum Gasteiger partial charge on any atom is -0.362 e. The molecule has 0 radical (unpaired) electrons. The molecule has 168 valence electrons. The summed E-state index contributed by atoms with van der Waals surface area (Å²) in [5.41, 5.74) is 0.948. The van der Waals surface area contributed by atoms with Gasteiger partial charge in [-0.1, -0.05) is 23.9 Å². The maximum absolute atomic E-state index is 12.1. The van der Waals surface area contributed by atoms with E-state index in [9.17, 15) is 4.79 Å². The van der Waals surface area contributed by atoms with Gasteiger partial charge in [0.15, 0.2) is 5.16 Å². The average Bonchev–Trinajstić information content (AvgIpc) is 2.82. The molecular weight excluding hydrogens is 422 g/mol. The van der Waals surface area contributed by atoms with Crippen molar-refractivity contribution in [2.45, 2.75) is 36.9 Å². The Labute approximate surface area is 192 Å². The minimum atomic E-state index is 0.0310. The summed E-state index contributed by atoms with van der Waals surface area (Å²) >= 11 is 1.36. The third kappa shape index (κ3) is 5.85. The number of rotatable bonds is 8. The maximum Gasteiger partial charge on any atom is 0.230 e. The highest BCUT2D eigenvalue weighted by Crippen LogP contribution is 2.28. The first kappa shape index (κ1) is 22.3. The van der Waals surface area contributed by atoms with Crippen LogP contribution in [0.25, 0.3) is 10.9 Å². The second-order valence-electron chi connectivity index (χ2n) is 8.27. The van der Waals surface area contributed by atoms with Gasteiger partial charge in [0.05, 0.1) is 11.3 Å². The molecule has 1 aromatic carbocycles. The van der Waals surface area contributed by atoms with E-state index >= 15 is 0 Å². The molecule has 0 bridgehead atoms. The fourth-order valence-electron chi connectivity index (χ4n) is 3.96. The predicted molar refractivity (Wildman–Crippen MR) is 129 cm³/mol. The van der Waals surface area contributed by atoms with E-state index in [1.54, 1.807) is 18.5 Å². The largest absolute Gasteiger partial charge is 0.362 e. The number of carbonyl (C=O) groups excluding carboxylic acids is 1. The van der Waals surface area contributed by atoms with Crippen LogP contribution in [0.1, 0.15) is 25.7 Å². The maximum atomic E-state index is 12.1. The molecule has 9 heteroatoms. The summed E-state index contributed by atoms with van der Waals surface area (Å²) in [5.74, 6) is 2.49. The molecule has 8 nitrogen and oxygen atoms in total. The number of hydrogen-bond acceptors (Lipinski definition) is 8. The monoisotopic (exact) mass is 451 g/mol. The number of anilines is 2. The first-order valence-corrected chi connectivity index (χ1v) is 11.9. The van der Waals surface area contributed by atoms with Gasteiger partial charge >= 0.3 is 0 Å². The van der Waals surface area contributed by atoms with Crippen LogP contribution in [0.2, 0.25) is 0 Å². The van der Waals surface area contributed by atoms with Crippen molar-refractivity contribution in [3.63, 3.8) is 0 Å². The first-order chi connectivity index (χ1) is 15.6. The molecule has 1 fully saturated rings. The van der Waals surface area contributed by atoms with Crippen molar-refractivity contribution < 1.29 is 4.79 Å². The van der Waals surface area contributed by atoms with E-state index in [0.29, 0.717) is 28.8 Å². The Balaban J connectivity index is 1.24. The summed E-state index contributed by atoms with van der Waals surface area (Å²) in [6, 6.07) is 10.2. The van der Waals surface area contributed by atoms with Gasteiger partial charge in [-0.2, -0.15) is 4.98 Å². The molecule has 1 aliphatic carbocycles. The lowest BCUT2D eigenvalue weighted by Crippen LogP contribution is -2.35. The molecule has 0 unspecified atom stereocenters. The molecule has 4 rings (SSSR count). The van der Waals surface area contributed by atoms with Crippen LogP contribution in [0.3, 0.4) is 0 Å². The van der Waals surface area contributed by atoms with Crippen molar-refractivity contribution in [3.8, 4) is 0 Å². The normalized spacial score (nSPS) is 18.3. The quantitative estimate of drug-likeness (QED) is 0.398. The third-order valence-electron chi connectivity index (χ3n) is 5.65. The summed E-state index contributed by atoms with van der Waals surface area (Å²) in [4.78, 5) is 31.9. The molecule has 0 atom stereocenters. The topological polar surface area (TPSA) is 95.9 Å². The van der Waals surface area contributed by atoms with Gasteiger partial charge in [-0.3, -0.25) is 4.79 Å². The Morgan fingerprint density at radius 2 is 1.81 bits per heavy atom. The van der Waals surface area contributed by atoms with Crippen molar-refractivity contribution >= 4 is 40.3 Å².